The molecule has 1 aliphatic rings. The van der Waals surface area contributed by atoms with Crippen LogP contribution in [-0.2, 0) is 9.59 Å². The molecule has 0 aliphatic carbocycles. The Bertz CT molecular complexity index is 1230. The number of nitrogens with one attached hydrogen (secondary N) is 1. The molecule has 0 saturated heterocycles. The molecule has 0 fully saturated rings. The summed E-state index contributed by atoms with van der Waals surface area (Å²) in [5.41, 5.74) is 1.90. The van der Waals surface area contributed by atoms with Gasteiger partial charge in [-0.3, -0.25) is 9.59 Å². The molecule has 8 heteroatoms. The van der Waals surface area contributed by atoms with Crippen molar-refractivity contribution in [2.24, 2.45) is 0 Å². The summed E-state index contributed by atoms with van der Waals surface area (Å²) in [5, 5.41) is 3.25. The maximum atomic E-state index is 13.6. The second kappa shape index (κ2) is 8.75. The number of anilines is 2. The highest BCUT2D eigenvalue weighted by atomic mass is 35.5. The third kappa shape index (κ3) is 4.46. The first-order valence-electron chi connectivity index (χ1n) is 9.19. The number of hydrogen-bond donors (Lipinski definition) is 1. The van der Waals surface area contributed by atoms with Crippen LogP contribution in [0.4, 0.5) is 15.8 Å². The Morgan fingerprint density at radius 3 is 2.35 bits per heavy atom. The molecule has 0 atom stereocenters. The smallest absolute Gasteiger partial charge is 0.283 e. The fourth-order valence-corrected chi connectivity index (χ4v) is 4.30. The summed E-state index contributed by atoms with van der Waals surface area (Å²) in [6.07, 6.45) is 0. The van der Waals surface area contributed by atoms with Crippen molar-refractivity contribution in [2.75, 3.05) is 10.2 Å². The fraction of sp³-hybridized carbons (Fsp3) is 0.0435. The molecular weight excluding hydrogens is 458 g/mol. The van der Waals surface area contributed by atoms with Crippen LogP contribution in [0.15, 0.2) is 82.2 Å². The maximum Gasteiger partial charge on any atom is 0.283 e. The lowest BCUT2D eigenvalue weighted by Gasteiger charge is -2.15. The molecule has 1 heterocycles. The Balaban J connectivity index is 1.75. The predicted molar refractivity (Wildman–Crippen MR) is 123 cm³/mol. The van der Waals surface area contributed by atoms with Gasteiger partial charge >= 0.3 is 0 Å². The minimum Gasteiger partial charge on any atom is -0.350 e. The number of amides is 2. The van der Waals surface area contributed by atoms with Gasteiger partial charge < -0.3 is 5.32 Å². The van der Waals surface area contributed by atoms with Crippen LogP contribution in [0.25, 0.3) is 0 Å². The van der Waals surface area contributed by atoms with Crippen LogP contribution >= 0.6 is 35.0 Å². The van der Waals surface area contributed by atoms with E-state index < -0.39 is 17.6 Å². The van der Waals surface area contributed by atoms with Crippen molar-refractivity contribution in [3.05, 3.63) is 98.8 Å². The SMILES string of the molecule is Cc1ccc(SC2=C(Nc3ccc(F)c(Cl)c3)C(=O)N(c3cccc(Cl)c3)C2=O)cc1. The number of carbonyl (C=O) groups excluding carboxylic acids is 2. The number of hydrogen-bond acceptors (Lipinski definition) is 4. The summed E-state index contributed by atoms with van der Waals surface area (Å²) in [4.78, 5) is 28.6. The van der Waals surface area contributed by atoms with E-state index in [9.17, 15) is 14.0 Å². The largest absolute Gasteiger partial charge is 0.350 e. The minimum atomic E-state index is -0.579. The fourth-order valence-electron chi connectivity index (χ4n) is 3.01. The van der Waals surface area contributed by atoms with Gasteiger partial charge in [0.2, 0.25) is 0 Å². The van der Waals surface area contributed by atoms with Gasteiger partial charge in [-0.2, -0.15) is 0 Å². The van der Waals surface area contributed by atoms with Crippen LogP contribution in [0.1, 0.15) is 5.56 Å². The second-order valence-electron chi connectivity index (χ2n) is 6.80. The van der Waals surface area contributed by atoms with Crippen LogP contribution in [0.2, 0.25) is 10.0 Å². The summed E-state index contributed by atoms with van der Waals surface area (Å²) in [7, 11) is 0. The summed E-state index contributed by atoms with van der Waals surface area (Å²) in [6, 6.07) is 18.1. The first-order chi connectivity index (χ1) is 14.8. The molecule has 0 radical (unpaired) electrons. The molecule has 0 unspecified atom stereocenters. The Hall–Kier alpha value is -2.80. The lowest BCUT2D eigenvalue weighted by Crippen LogP contribution is -2.32. The zero-order valence-corrected chi connectivity index (χ0v) is 18.5. The van der Waals surface area contributed by atoms with E-state index in [0.29, 0.717) is 16.4 Å². The lowest BCUT2D eigenvalue weighted by molar-refractivity contribution is -0.120. The average molecular weight is 473 g/mol. The Labute approximate surface area is 192 Å². The predicted octanol–water partition coefficient (Wildman–Crippen LogP) is 6.43. The van der Waals surface area contributed by atoms with Crippen molar-refractivity contribution in [1.29, 1.82) is 0 Å². The van der Waals surface area contributed by atoms with Crippen LogP contribution in [0.3, 0.4) is 0 Å². The third-order valence-electron chi connectivity index (χ3n) is 4.54. The molecule has 3 aromatic rings. The van der Waals surface area contributed by atoms with E-state index in [1.807, 2.05) is 31.2 Å². The minimum absolute atomic E-state index is 0.0817. The third-order valence-corrected chi connectivity index (χ3v) is 6.15. The van der Waals surface area contributed by atoms with Gasteiger partial charge in [0.1, 0.15) is 16.4 Å². The summed E-state index contributed by atoms with van der Waals surface area (Å²) >= 11 is 13.1. The molecule has 156 valence electrons. The normalized spacial score (nSPS) is 13.9. The molecule has 31 heavy (non-hydrogen) atoms. The zero-order chi connectivity index (χ0) is 22.1. The molecule has 0 saturated carbocycles. The van der Waals surface area contributed by atoms with E-state index >= 15 is 0 Å². The maximum absolute atomic E-state index is 13.6. The second-order valence-corrected chi connectivity index (χ2v) is 8.73. The highest BCUT2D eigenvalue weighted by Crippen LogP contribution is 2.38. The number of rotatable bonds is 5. The van der Waals surface area contributed by atoms with Crippen molar-refractivity contribution in [3.8, 4) is 0 Å². The highest BCUT2D eigenvalue weighted by Gasteiger charge is 2.40. The van der Waals surface area contributed by atoms with Crippen molar-refractivity contribution in [1.82, 2.24) is 0 Å². The van der Waals surface area contributed by atoms with E-state index in [0.717, 1.165) is 15.4 Å². The number of halogens is 3. The molecule has 2 amide bonds. The van der Waals surface area contributed by atoms with Gasteiger partial charge in [0.15, 0.2) is 0 Å². The van der Waals surface area contributed by atoms with Crippen molar-refractivity contribution in [2.45, 2.75) is 11.8 Å². The first kappa shape index (κ1) is 21.4. The Morgan fingerprint density at radius 2 is 1.68 bits per heavy atom. The van der Waals surface area contributed by atoms with Crippen molar-refractivity contribution >= 4 is 58.2 Å². The van der Waals surface area contributed by atoms with Crippen LogP contribution in [-0.4, -0.2) is 11.8 Å². The number of nitrogens with zero attached hydrogens (tertiary/aromatic N) is 1. The summed E-state index contributed by atoms with van der Waals surface area (Å²) < 4.78 is 13.6. The van der Waals surface area contributed by atoms with Gasteiger partial charge in [0.25, 0.3) is 11.8 Å². The summed E-state index contributed by atoms with van der Waals surface area (Å²) in [5.74, 6) is -1.60. The molecule has 0 bridgehead atoms. The summed E-state index contributed by atoms with van der Waals surface area (Å²) in [6.45, 7) is 1.96. The van der Waals surface area contributed by atoms with E-state index in [2.05, 4.69) is 5.32 Å². The van der Waals surface area contributed by atoms with Gasteiger partial charge in [-0.15, -0.1) is 0 Å². The molecule has 1 N–H and O–H groups in total. The Morgan fingerprint density at radius 1 is 0.935 bits per heavy atom. The van der Waals surface area contributed by atoms with E-state index in [1.54, 1.807) is 24.3 Å². The number of thioether (sulfide) groups is 1. The molecular formula is C23H15Cl2FN2O2S. The van der Waals surface area contributed by atoms with Gasteiger partial charge in [-0.1, -0.05) is 58.7 Å². The molecule has 0 spiro atoms. The highest BCUT2D eigenvalue weighted by molar-refractivity contribution is 8.04. The molecule has 0 aromatic heterocycles. The van der Waals surface area contributed by atoms with Crippen LogP contribution < -0.4 is 10.2 Å². The standard InChI is InChI=1S/C23H15Cl2FN2O2S/c1-13-5-8-17(9-6-13)31-21-20(27-15-7-10-19(26)18(25)12-15)22(29)28(23(21)30)16-4-2-3-14(24)11-16/h2-12,27H,1H3. The topological polar surface area (TPSA) is 49.4 Å². The quantitative estimate of drug-likeness (QED) is 0.434. The van der Waals surface area contributed by atoms with Crippen molar-refractivity contribution in [3.63, 3.8) is 0 Å². The lowest BCUT2D eigenvalue weighted by atomic mass is 10.2. The van der Waals surface area contributed by atoms with E-state index in [4.69, 9.17) is 23.2 Å². The van der Waals surface area contributed by atoms with E-state index in [1.165, 1.54) is 30.0 Å². The average Bonchev–Trinajstić information content (AvgIpc) is 2.96. The van der Waals surface area contributed by atoms with Crippen LogP contribution in [0, 0.1) is 12.7 Å². The number of imide groups is 1. The molecule has 3 aromatic carbocycles. The van der Waals surface area contributed by atoms with Crippen molar-refractivity contribution < 1.29 is 14.0 Å². The zero-order valence-electron chi connectivity index (χ0n) is 16.2. The van der Waals surface area contributed by atoms with Gasteiger partial charge in [0, 0.05) is 15.6 Å². The molecule has 4 rings (SSSR count). The first-order valence-corrected chi connectivity index (χ1v) is 10.8. The van der Waals surface area contributed by atoms with Gasteiger partial charge in [-0.25, -0.2) is 9.29 Å². The number of carbonyl (C=O) groups is 2. The monoisotopic (exact) mass is 472 g/mol. The van der Waals surface area contributed by atoms with E-state index in [-0.39, 0.29) is 15.6 Å². The molecule has 1 aliphatic heterocycles. The van der Waals surface area contributed by atoms with Crippen LogP contribution in [0.5, 0.6) is 0 Å². The number of benzene rings is 3. The van der Waals surface area contributed by atoms with Gasteiger partial charge in [-0.05, 0) is 55.5 Å². The molecule has 4 nitrogen and oxygen atoms in total. The van der Waals surface area contributed by atoms with Gasteiger partial charge in [0.05, 0.1) is 10.7 Å². The Kier molecular flexibility index (Phi) is 6.05. The number of aryl methyl sites for hydroxylation is 1.